The van der Waals surface area contributed by atoms with Gasteiger partial charge in [0.05, 0.1) is 5.54 Å². The average Bonchev–Trinajstić information content (AvgIpc) is 3.13. The zero-order chi connectivity index (χ0) is 14.2. The first-order valence-corrected chi connectivity index (χ1v) is 8.20. The van der Waals surface area contributed by atoms with Crippen molar-refractivity contribution in [2.75, 3.05) is 6.54 Å². The number of carbonyl (C=O) groups excluding carboxylic acids is 1. The summed E-state index contributed by atoms with van der Waals surface area (Å²) >= 11 is 3.49. The molecule has 0 saturated heterocycles. The Hall–Kier alpha value is -0.870. The maximum atomic E-state index is 12.4. The molecule has 108 valence electrons. The Morgan fingerprint density at radius 2 is 2.15 bits per heavy atom. The number of halogens is 1. The quantitative estimate of drug-likeness (QED) is 0.888. The van der Waals surface area contributed by atoms with Crippen LogP contribution in [0.1, 0.15) is 43.6 Å². The molecule has 3 nitrogen and oxygen atoms in total. The lowest BCUT2D eigenvalue weighted by Crippen LogP contribution is -2.52. The standard InChI is InChI=1S/C16H21BrN2O/c17-12-5-3-4-11(8-12)13-9-14(13)15(20)19-16(10-18)6-1-2-7-16/h3-5,8,13-14H,1-2,6-7,9-10,18H2,(H,19,20). The Kier molecular flexibility index (Phi) is 3.87. The van der Waals surface area contributed by atoms with Gasteiger partial charge in [-0.25, -0.2) is 0 Å². The summed E-state index contributed by atoms with van der Waals surface area (Å²) in [5, 5.41) is 3.24. The lowest BCUT2D eigenvalue weighted by molar-refractivity contribution is -0.124. The monoisotopic (exact) mass is 336 g/mol. The van der Waals surface area contributed by atoms with E-state index < -0.39 is 0 Å². The molecule has 2 unspecified atom stereocenters. The van der Waals surface area contributed by atoms with E-state index in [1.165, 1.54) is 18.4 Å². The summed E-state index contributed by atoms with van der Waals surface area (Å²) in [6.45, 7) is 0.563. The Morgan fingerprint density at radius 1 is 1.40 bits per heavy atom. The van der Waals surface area contributed by atoms with Crippen LogP contribution in [0.5, 0.6) is 0 Å². The van der Waals surface area contributed by atoms with E-state index in [1.54, 1.807) is 0 Å². The lowest BCUT2D eigenvalue weighted by atomic mass is 9.97. The number of hydrogen-bond acceptors (Lipinski definition) is 2. The number of hydrogen-bond donors (Lipinski definition) is 2. The van der Waals surface area contributed by atoms with Gasteiger partial charge in [-0.15, -0.1) is 0 Å². The number of carbonyl (C=O) groups is 1. The minimum atomic E-state index is -0.124. The van der Waals surface area contributed by atoms with E-state index in [-0.39, 0.29) is 17.4 Å². The number of nitrogens with one attached hydrogen (secondary N) is 1. The highest BCUT2D eigenvalue weighted by molar-refractivity contribution is 9.10. The molecule has 2 aliphatic rings. The Bertz CT molecular complexity index is 511. The zero-order valence-electron chi connectivity index (χ0n) is 11.6. The third-order valence-corrected chi connectivity index (χ3v) is 5.24. The summed E-state index contributed by atoms with van der Waals surface area (Å²) in [5.74, 6) is 0.708. The highest BCUT2D eigenvalue weighted by atomic mass is 79.9. The second-order valence-corrected chi connectivity index (χ2v) is 7.10. The predicted molar refractivity (Wildman–Crippen MR) is 83.4 cm³/mol. The van der Waals surface area contributed by atoms with Gasteiger partial charge in [-0.2, -0.15) is 0 Å². The molecule has 0 heterocycles. The lowest BCUT2D eigenvalue weighted by Gasteiger charge is -2.28. The molecule has 0 aliphatic heterocycles. The highest BCUT2D eigenvalue weighted by Crippen LogP contribution is 2.48. The number of amides is 1. The van der Waals surface area contributed by atoms with Gasteiger partial charge in [0, 0.05) is 16.9 Å². The van der Waals surface area contributed by atoms with Gasteiger partial charge in [0.2, 0.25) is 5.91 Å². The fraction of sp³-hybridized carbons (Fsp3) is 0.562. The molecule has 2 saturated carbocycles. The van der Waals surface area contributed by atoms with Gasteiger partial charge in [0.25, 0.3) is 0 Å². The van der Waals surface area contributed by atoms with Crippen LogP contribution in [0.2, 0.25) is 0 Å². The fourth-order valence-corrected chi connectivity index (χ4v) is 3.79. The second kappa shape index (κ2) is 5.49. The summed E-state index contributed by atoms with van der Waals surface area (Å²) < 4.78 is 1.08. The summed E-state index contributed by atoms with van der Waals surface area (Å²) in [4.78, 5) is 12.4. The van der Waals surface area contributed by atoms with Crippen molar-refractivity contribution in [2.45, 2.75) is 43.6 Å². The molecule has 0 aromatic heterocycles. The molecule has 2 fully saturated rings. The van der Waals surface area contributed by atoms with Crippen molar-refractivity contribution in [1.29, 1.82) is 0 Å². The van der Waals surface area contributed by atoms with Crippen LogP contribution in [-0.4, -0.2) is 18.0 Å². The Morgan fingerprint density at radius 3 is 2.80 bits per heavy atom. The van der Waals surface area contributed by atoms with E-state index in [1.807, 2.05) is 12.1 Å². The molecule has 1 aromatic rings. The fourth-order valence-electron chi connectivity index (χ4n) is 3.38. The van der Waals surface area contributed by atoms with Crippen LogP contribution in [0, 0.1) is 5.92 Å². The van der Waals surface area contributed by atoms with Gasteiger partial charge in [-0.1, -0.05) is 40.9 Å². The van der Waals surface area contributed by atoms with E-state index in [9.17, 15) is 4.79 Å². The highest BCUT2D eigenvalue weighted by Gasteiger charge is 2.46. The molecule has 0 bridgehead atoms. The summed E-state index contributed by atoms with van der Waals surface area (Å²) in [7, 11) is 0. The predicted octanol–water partition coefficient (Wildman–Crippen LogP) is 2.94. The third-order valence-electron chi connectivity index (χ3n) is 4.74. The smallest absolute Gasteiger partial charge is 0.224 e. The molecule has 2 aliphatic carbocycles. The SMILES string of the molecule is NCC1(NC(=O)C2CC2c2cccc(Br)c2)CCCC1. The maximum Gasteiger partial charge on any atom is 0.224 e. The normalized spacial score (nSPS) is 27.3. The van der Waals surface area contributed by atoms with Crippen molar-refractivity contribution in [3.05, 3.63) is 34.3 Å². The Balaban J connectivity index is 1.63. The maximum absolute atomic E-state index is 12.4. The van der Waals surface area contributed by atoms with Crippen LogP contribution in [0.15, 0.2) is 28.7 Å². The minimum Gasteiger partial charge on any atom is -0.349 e. The Labute approximate surface area is 128 Å². The van der Waals surface area contributed by atoms with Gasteiger partial charge in [0.1, 0.15) is 0 Å². The van der Waals surface area contributed by atoms with Gasteiger partial charge in [0.15, 0.2) is 0 Å². The summed E-state index contributed by atoms with van der Waals surface area (Å²) in [5.41, 5.74) is 7.02. The summed E-state index contributed by atoms with van der Waals surface area (Å²) in [6, 6.07) is 8.27. The molecule has 3 rings (SSSR count). The van der Waals surface area contributed by atoms with Gasteiger partial charge >= 0.3 is 0 Å². The first kappa shape index (κ1) is 14.1. The molecule has 1 amide bonds. The molecular formula is C16H21BrN2O. The van der Waals surface area contributed by atoms with Crippen LogP contribution in [0.3, 0.4) is 0 Å². The summed E-state index contributed by atoms with van der Waals surface area (Å²) in [6.07, 6.45) is 5.38. The van der Waals surface area contributed by atoms with Gasteiger partial charge < -0.3 is 11.1 Å². The molecule has 3 N–H and O–H groups in total. The first-order chi connectivity index (χ1) is 9.63. The van der Waals surface area contributed by atoms with Crippen molar-refractivity contribution < 1.29 is 4.79 Å². The second-order valence-electron chi connectivity index (χ2n) is 6.18. The van der Waals surface area contributed by atoms with Crippen LogP contribution >= 0.6 is 15.9 Å². The topological polar surface area (TPSA) is 55.1 Å². The van der Waals surface area contributed by atoms with Crippen molar-refractivity contribution in [1.82, 2.24) is 5.32 Å². The van der Waals surface area contributed by atoms with Crippen LogP contribution < -0.4 is 11.1 Å². The molecular weight excluding hydrogens is 316 g/mol. The largest absolute Gasteiger partial charge is 0.349 e. The van der Waals surface area contributed by atoms with Crippen molar-refractivity contribution in [3.8, 4) is 0 Å². The molecule has 0 spiro atoms. The van der Waals surface area contributed by atoms with Crippen molar-refractivity contribution in [2.24, 2.45) is 11.7 Å². The molecule has 0 radical (unpaired) electrons. The van der Waals surface area contributed by atoms with E-state index in [0.717, 1.165) is 23.7 Å². The van der Waals surface area contributed by atoms with Crippen LogP contribution in [-0.2, 0) is 4.79 Å². The average molecular weight is 337 g/mol. The van der Waals surface area contributed by atoms with E-state index in [2.05, 4.69) is 33.4 Å². The number of rotatable bonds is 4. The van der Waals surface area contributed by atoms with Gasteiger partial charge in [-0.05, 0) is 42.9 Å². The number of nitrogens with two attached hydrogens (primary N) is 1. The molecule has 4 heteroatoms. The zero-order valence-corrected chi connectivity index (χ0v) is 13.2. The van der Waals surface area contributed by atoms with Gasteiger partial charge in [-0.3, -0.25) is 4.79 Å². The van der Waals surface area contributed by atoms with Crippen LogP contribution in [0.25, 0.3) is 0 Å². The number of benzene rings is 1. The van der Waals surface area contributed by atoms with Crippen molar-refractivity contribution >= 4 is 21.8 Å². The van der Waals surface area contributed by atoms with E-state index in [0.29, 0.717) is 12.5 Å². The first-order valence-electron chi connectivity index (χ1n) is 7.41. The van der Waals surface area contributed by atoms with E-state index in [4.69, 9.17) is 5.73 Å². The molecule has 1 aromatic carbocycles. The molecule has 2 atom stereocenters. The van der Waals surface area contributed by atoms with Crippen LogP contribution in [0.4, 0.5) is 0 Å². The molecule has 20 heavy (non-hydrogen) atoms. The van der Waals surface area contributed by atoms with Crippen molar-refractivity contribution in [3.63, 3.8) is 0 Å². The third kappa shape index (κ3) is 2.77. The minimum absolute atomic E-state index is 0.124. The van der Waals surface area contributed by atoms with E-state index >= 15 is 0 Å².